The zero-order valence-corrected chi connectivity index (χ0v) is 17.7. The third-order valence-corrected chi connectivity index (χ3v) is 7.66. The monoisotopic (exact) mass is 412 g/mol. The van der Waals surface area contributed by atoms with Crippen molar-refractivity contribution in [3.63, 3.8) is 0 Å². The van der Waals surface area contributed by atoms with Crippen LogP contribution in [0.25, 0.3) is 0 Å². The second-order valence-electron chi connectivity index (χ2n) is 8.41. The average molecular weight is 413 g/mol. The lowest BCUT2D eigenvalue weighted by Crippen LogP contribution is -2.62. The van der Waals surface area contributed by atoms with Gasteiger partial charge in [-0.05, 0) is 46.6 Å². The second-order valence-corrected chi connectivity index (χ2v) is 10.9. The summed E-state index contributed by atoms with van der Waals surface area (Å²) in [4.78, 5) is 17.0. The minimum Gasteiger partial charge on any atom is -0.444 e. The number of hydrogen-bond donors (Lipinski definition) is 3. The van der Waals surface area contributed by atoms with Crippen LogP contribution in [-0.2, 0) is 20.6 Å². The van der Waals surface area contributed by atoms with Crippen molar-refractivity contribution in [3.05, 3.63) is 35.6 Å². The molecule has 7 nitrogen and oxygen atoms in total. The molecule has 0 aliphatic carbocycles. The molecule has 2 N–H and O–H groups in total. The van der Waals surface area contributed by atoms with E-state index in [-0.39, 0.29) is 11.7 Å². The van der Waals surface area contributed by atoms with Crippen LogP contribution in [0.2, 0.25) is 0 Å². The summed E-state index contributed by atoms with van der Waals surface area (Å²) in [6.07, 6.45) is 0.985. The number of hydrogen-bond acceptors (Lipinski definition) is 4. The van der Waals surface area contributed by atoms with Crippen molar-refractivity contribution in [2.24, 2.45) is 4.99 Å². The molecule has 1 saturated heterocycles. The molecule has 0 aromatic heterocycles. The van der Waals surface area contributed by atoms with Gasteiger partial charge in [0.1, 0.15) is 17.0 Å². The number of nitrogens with one attached hydrogen (secondary N) is 2. The number of nitrogens with zero attached hydrogens (tertiary/aromatic N) is 2. The van der Waals surface area contributed by atoms with Crippen LogP contribution in [-0.4, -0.2) is 45.0 Å². The van der Waals surface area contributed by atoms with Gasteiger partial charge >= 0.3 is 6.09 Å². The molecule has 28 heavy (non-hydrogen) atoms. The number of benzene rings is 1. The highest BCUT2D eigenvalue weighted by molar-refractivity contribution is 7.99. The van der Waals surface area contributed by atoms with Gasteiger partial charge in [0, 0.05) is 29.0 Å². The summed E-state index contributed by atoms with van der Waals surface area (Å²) in [6.45, 7) is 8.12. The predicted molar refractivity (Wildman–Crippen MR) is 109 cm³/mol. The fourth-order valence-electron chi connectivity index (χ4n) is 3.56. The van der Waals surface area contributed by atoms with Crippen molar-refractivity contribution >= 4 is 22.4 Å². The molecule has 0 bridgehead atoms. The predicted octanol–water partition coefficient (Wildman–Crippen LogP) is 2.47. The van der Waals surface area contributed by atoms with E-state index in [0.29, 0.717) is 18.7 Å². The molecule has 0 spiro atoms. The van der Waals surface area contributed by atoms with Gasteiger partial charge in [-0.1, -0.05) is 18.2 Å². The molecule has 1 fully saturated rings. The molecule has 156 valence electrons. The Hall–Kier alpha value is -2.00. The highest BCUT2D eigenvalue weighted by atomic mass is 32.3. The Kier molecular flexibility index (Phi) is 5.51. The first-order chi connectivity index (χ1) is 13.0. The van der Waals surface area contributed by atoms with Gasteiger partial charge < -0.3 is 4.74 Å². The van der Waals surface area contributed by atoms with Crippen molar-refractivity contribution in [2.45, 2.75) is 51.7 Å². The number of carbonyl (C=O) groups excluding carboxylic acids is 1. The molecule has 3 rings (SSSR count). The standard InChI is InChI=1S/C19H29FN4O3S/c1-18(2,3)27-17(25)22-16-23-19(4,14-9-5-6-10-15(14)20)13-28(26)21-11-7-8-12-24(16)28/h5-6,9-10,28H,7-8,11-13H2,1-4H3,(H,21,26)(H,22,23,25)/t19-/m0/s1. The Labute approximate surface area is 166 Å². The SMILES string of the molecule is CC(C)(C)OC(=O)NC1=N[C@](C)(c2ccccc2F)C[SH]2(=O)NCCCCN12. The van der Waals surface area contributed by atoms with E-state index in [2.05, 4.69) is 15.0 Å². The van der Waals surface area contributed by atoms with Crippen LogP contribution in [0.1, 0.15) is 46.1 Å². The van der Waals surface area contributed by atoms with E-state index in [1.54, 1.807) is 50.2 Å². The molecule has 2 aliphatic rings. The van der Waals surface area contributed by atoms with Crippen LogP contribution >= 0.6 is 0 Å². The maximum absolute atomic E-state index is 14.6. The lowest BCUT2D eigenvalue weighted by Gasteiger charge is -2.46. The maximum Gasteiger partial charge on any atom is 0.414 e. The summed E-state index contributed by atoms with van der Waals surface area (Å²) >= 11 is 0. The minimum atomic E-state index is -3.12. The van der Waals surface area contributed by atoms with E-state index in [1.165, 1.54) is 6.07 Å². The summed E-state index contributed by atoms with van der Waals surface area (Å²) in [7, 11) is -3.12. The van der Waals surface area contributed by atoms with Crippen LogP contribution < -0.4 is 10.0 Å². The molecular weight excluding hydrogens is 383 g/mol. The highest BCUT2D eigenvalue weighted by Gasteiger charge is 2.44. The molecule has 0 unspecified atom stereocenters. The zero-order valence-electron chi connectivity index (χ0n) is 16.8. The van der Waals surface area contributed by atoms with Crippen LogP contribution in [0.15, 0.2) is 29.3 Å². The number of guanidine groups is 1. The lowest BCUT2D eigenvalue weighted by atomic mass is 9.94. The van der Waals surface area contributed by atoms with E-state index in [0.717, 1.165) is 12.8 Å². The van der Waals surface area contributed by atoms with Crippen molar-refractivity contribution < 1.29 is 18.1 Å². The van der Waals surface area contributed by atoms with Gasteiger partial charge in [0.05, 0.1) is 5.75 Å². The molecule has 0 saturated carbocycles. The van der Waals surface area contributed by atoms with Gasteiger partial charge in [0.25, 0.3) is 0 Å². The Balaban J connectivity index is 2.04. The summed E-state index contributed by atoms with van der Waals surface area (Å²) < 4.78 is 38.5. The number of fused-ring (bicyclic) bond motifs is 1. The Morgan fingerprint density at radius 2 is 2.07 bits per heavy atom. The van der Waals surface area contributed by atoms with Crippen LogP contribution in [0, 0.1) is 5.82 Å². The summed E-state index contributed by atoms with van der Waals surface area (Å²) in [5.74, 6) is -0.121. The molecule has 1 aromatic rings. The van der Waals surface area contributed by atoms with E-state index in [9.17, 15) is 13.4 Å². The Morgan fingerprint density at radius 1 is 1.36 bits per heavy atom. The van der Waals surface area contributed by atoms with Gasteiger partial charge in [-0.3, -0.25) is 13.8 Å². The molecule has 1 aromatic carbocycles. The summed E-state index contributed by atoms with van der Waals surface area (Å²) in [5, 5.41) is 2.65. The number of rotatable bonds is 1. The smallest absolute Gasteiger partial charge is 0.414 e. The molecule has 2 heterocycles. The minimum absolute atomic E-state index is 0.139. The van der Waals surface area contributed by atoms with Crippen LogP contribution in [0.5, 0.6) is 0 Å². The third-order valence-electron chi connectivity index (χ3n) is 4.73. The van der Waals surface area contributed by atoms with Crippen molar-refractivity contribution in [2.75, 3.05) is 18.8 Å². The van der Waals surface area contributed by atoms with E-state index in [1.807, 2.05) is 0 Å². The number of ether oxygens (including phenoxy) is 1. The molecule has 9 heteroatoms. The molecule has 0 radical (unpaired) electrons. The number of carbonyl (C=O) groups is 1. The maximum atomic E-state index is 14.6. The third kappa shape index (κ3) is 4.35. The van der Waals surface area contributed by atoms with E-state index >= 15 is 0 Å². The van der Waals surface area contributed by atoms with Gasteiger partial charge in [-0.15, -0.1) is 0 Å². The van der Waals surface area contributed by atoms with E-state index in [4.69, 9.17) is 4.74 Å². The Morgan fingerprint density at radius 3 is 2.75 bits per heavy atom. The highest BCUT2D eigenvalue weighted by Crippen LogP contribution is 2.36. The number of alkyl carbamates (subject to hydrolysis) is 1. The van der Waals surface area contributed by atoms with E-state index < -0.39 is 33.4 Å². The Bertz CT molecular complexity index is 839. The lowest BCUT2D eigenvalue weighted by molar-refractivity contribution is 0.0558. The number of halogens is 1. The van der Waals surface area contributed by atoms with Crippen molar-refractivity contribution in [1.82, 2.24) is 14.3 Å². The second kappa shape index (κ2) is 7.44. The fourth-order valence-corrected chi connectivity index (χ4v) is 6.46. The van der Waals surface area contributed by atoms with Gasteiger partial charge in [-0.25, -0.2) is 18.9 Å². The van der Waals surface area contributed by atoms with Gasteiger partial charge in [0.2, 0.25) is 5.96 Å². The number of aliphatic imine (C=N–C) groups is 1. The largest absolute Gasteiger partial charge is 0.444 e. The number of thiol groups is 1. The fraction of sp³-hybridized carbons (Fsp3) is 0.579. The molecule has 1 amide bonds. The number of amides is 1. The first-order valence-electron chi connectivity index (χ1n) is 9.50. The zero-order chi connectivity index (χ0) is 20.6. The van der Waals surface area contributed by atoms with Gasteiger partial charge in [-0.2, -0.15) is 0 Å². The van der Waals surface area contributed by atoms with Gasteiger partial charge in [0.15, 0.2) is 0 Å². The van der Waals surface area contributed by atoms with Crippen LogP contribution in [0.4, 0.5) is 9.18 Å². The molecule has 1 atom stereocenters. The quantitative estimate of drug-likeness (QED) is 0.620. The topological polar surface area (TPSA) is 83.0 Å². The van der Waals surface area contributed by atoms with Crippen molar-refractivity contribution in [1.29, 1.82) is 0 Å². The van der Waals surface area contributed by atoms with Crippen LogP contribution in [0.3, 0.4) is 0 Å². The summed E-state index contributed by atoms with van der Waals surface area (Å²) in [6, 6.07) is 6.33. The molecular formula is C19H29FN4O3S. The first-order valence-corrected chi connectivity index (χ1v) is 11.3. The average Bonchev–Trinajstić information content (AvgIpc) is 2.74. The molecule has 2 aliphatic heterocycles. The summed E-state index contributed by atoms with van der Waals surface area (Å²) in [5.41, 5.74) is -1.42. The first kappa shape index (κ1) is 20.7. The normalized spacial score (nSPS) is 25.8. The van der Waals surface area contributed by atoms with Crippen molar-refractivity contribution in [3.8, 4) is 0 Å².